The predicted molar refractivity (Wildman–Crippen MR) is 99.6 cm³/mol. The molecule has 2 aromatic carbocycles. The Labute approximate surface area is 154 Å². The fraction of sp³-hybridized carbons (Fsp3) is 0.0556. The van der Waals surface area contributed by atoms with Crippen molar-refractivity contribution in [3.05, 3.63) is 65.8 Å². The maximum absolute atomic E-state index is 12.8. The molecule has 132 valence electrons. The van der Waals surface area contributed by atoms with Crippen molar-refractivity contribution in [3.63, 3.8) is 0 Å². The quantitative estimate of drug-likeness (QED) is 0.567. The smallest absolute Gasteiger partial charge is 0.335 e. The van der Waals surface area contributed by atoms with E-state index in [9.17, 15) is 14.4 Å². The van der Waals surface area contributed by atoms with E-state index in [4.69, 9.17) is 17.3 Å². The number of nitrogen functional groups attached to an aromatic ring is 1. The number of rotatable bonds is 4. The van der Waals surface area contributed by atoms with Gasteiger partial charge in [-0.05, 0) is 42.5 Å². The van der Waals surface area contributed by atoms with Crippen LogP contribution in [0.1, 0.15) is 0 Å². The van der Waals surface area contributed by atoms with E-state index >= 15 is 0 Å². The zero-order chi connectivity index (χ0) is 18.8. The normalized spacial score (nSPS) is 17.0. The van der Waals surface area contributed by atoms with Crippen LogP contribution in [0.2, 0.25) is 5.02 Å². The summed E-state index contributed by atoms with van der Waals surface area (Å²) in [4.78, 5) is 38.1. The topological polar surface area (TPSA) is 105 Å². The van der Waals surface area contributed by atoms with Crippen molar-refractivity contribution in [3.8, 4) is 0 Å². The van der Waals surface area contributed by atoms with Crippen molar-refractivity contribution in [2.75, 3.05) is 16.0 Å². The number of imide groups is 2. The summed E-state index contributed by atoms with van der Waals surface area (Å²) in [7, 11) is 0. The molecule has 26 heavy (non-hydrogen) atoms. The molecule has 1 aliphatic heterocycles. The Morgan fingerprint density at radius 2 is 1.85 bits per heavy atom. The van der Waals surface area contributed by atoms with Gasteiger partial charge in [0.25, 0.3) is 5.91 Å². The predicted octanol–water partition coefficient (Wildman–Crippen LogP) is 2.75. The summed E-state index contributed by atoms with van der Waals surface area (Å²) in [6.45, 7) is 3.78. The summed E-state index contributed by atoms with van der Waals surface area (Å²) < 4.78 is 0. The van der Waals surface area contributed by atoms with Gasteiger partial charge in [-0.25, -0.2) is 9.69 Å². The Bertz CT molecular complexity index is 911. The fourth-order valence-corrected chi connectivity index (χ4v) is 2.72. The van der Waals surface area contributed by atoms with Gasteiger partial charge in [0, 0.05) is 22.1 Å². The zero-order valence-corrected chi connectivity index (χ0v) is 14.3. The van der Waals surface area contributed by atoms with Crippen molar-refractivity contribution in [2.24, 2.45) is 5.92 Å². The van der Waals surface area contributed by atoms with Crippen LogP contribution in [0.5, 0.6) is 0 Å². The Kier molecular flexibility index (Phi) is 4.64. The minimum atomic E-state index is -1.27. The molecule has 0 bridgehead atoms. The van der Waals surface area contributed by atoms with Crippen molar-refractivity contribution in [1.29, 1.82) is 0 Å². The first-order chi connectivity index (χ1) is 12.4. The lowest BCUT2D eigenvalue weighted by Crippen LogP contribution is -2.59. The lowest BCUT2D eigenvalue weighted by atomic mass is 10.0. The summed E-state index contributed by atoms with van der Waals surface area (Å²) in [5.74, 6) is -2.72. The first-order valence-corrected chi connectivity index (χ1v) is 8.00. The molecule has 3 rings (SSSR count). The van der Waals surface area contributed by atoms with Crippen LogP contribution in [-0.2, 0) is 9.59 Å². The van der Waals surface area contributed by atoms with Gasteiger partial charge in [-0.1, -0.05) is 24.2 Å². The van der Waals surface area contributed by atoms with Gasteiger partial charge in [-0.2, -0.15) is 0 Å². The SMILES string of the molecule is C=C(Nc1cccc(N)c1)[C@H]1C(=O)NC(=O)N(c2ccc(Cl)cc2)C1=O. The van der Waals surface area contributed by atoms with Gasteiger partial charge in [-0.15, -0.1) is 0 Å². The third-order valence-electron chi connectivity index (χ3n) is 3.79. The van der Waals surface area contributed by atoms with Gasteiger partial charge in [0.05, 0.1) is 5.69 Å². The number of amides is 4. The average Bonchev–Trinajstić information content (AvgIpc) is 2.56. The number of halogens is 1. The molecule has 0 spiro atoms. The number of nitrogens with two attached hydrogens (primary N) is 1. The van der Waals surface area contributed by atoms with Gasteiger partial charge in [0.2, 0.25) is 5.91 Å². The maximum Gasteiger partial charge on any atom is 0.335 e. The van der Waals surface area contributed by atoms with E-state index in [1.165, 1.54) is 12.1 Å². The molecule has 7 nitrogen and oxygen atoms in total. The Balaban J connectivity index is 1.87. The molecule has 1 atom stereocenters. The van der Waals surface area contributed by atoms with Crippen LogP contribution in [0.25, 0.3) is 0 Å². The van der Waals surface area contributed by atoms with Crippen LogP contribution in [0, 0.1) is 5.92 Å². The van der Waals surface area contributed by atoms with Crippen molar-refractivity contribution in [2.45, 2.75) is 0 Å². The first kappa shape index (κ1) is 17.5. The molecule has 0 saturated carbocycles. The number of carbonyl (C=O) groups excluding carboxylic acids is 3. The zero-order valence-electron chi connectivity index (χ0n) is 13.5. The second-order valence-electron chi connectivity index (χ2n) is 5.65. The summed E-state index contributed by atoms with van der Waals surface area (Å²) >= 11 is 5.84. The van der Waals surface area contributed by atoms with Crippen LogP contribution in [0.15, 0.2) is 60.8 Å². The molecule has 0 aliphatic carbocycles. The van der Waals surface area contributed by atoms with Crippen LogP contribution < -0.4 is 21.3 Å². The highest BCUT2D eigenvalue weighted by Crippen LogP contribution is 2.26. The first-order valence-electron chi connectivity index (χ1n) is 7.62. The Morgan fingerprint density at radius 1 is 1.15 bits per heavy atom. The second kappa shape index (κ2) is 6.89. The van der Waals surface area contributed by atoms with Crippen LogP contribution in [0.3, 0.4) is 0 Å². The highest BCUT2D eigenvalue weighted by molar-refractivity contribution is 6.31. The number of carbonyl (C=O) groups is 3. The van der Waals surface area contributed by atoms with Crippen molar-refractivity contribution < 1.29 is 14.4 Å². The third kappa shape index (κ3) is 3.38. The standard InChI is InChI=1S/C18H15ClN4O3/c1-10(21-13-4-2-3-12(20)9-13)15-16(24)22-18(26)23(17(15)25)14-7-5-11(19)6-8-14/h2-9,15,21H,1,20H2,(H,22,24,26)/t15-/m0/s1. The van der Waals surface area contributed by atoms with Gasteiger partial charge < -0.3 is 11.1 Å². The van der Waals surface area contributed by atoms with E-state index in [0.29, 0.717) is 22.1 Å². The lowest BCUT2D eigenvalue weighted by molar-refractivity contribution is -0.132. The minimum absolute atomic E-state index is 0.129. The third-order valence-corrected chi connectivity index (χ3v) is 4.04. The molecule has 0 radical (unpaired) electrons. The molecule has 2 aromatic rings. The van der Waals surface area contributed by atoms with Gasteiger partial charge in [-0.3, -0.25) is 14.9 Å². The van der Waals surface area contributed by atoms with Crippen LogP contribution >= 0.6 is 11.6 Å². The molecule has 0 aromatic heterocycles. The molecule has 1 fully saturated rings. The van der Waals surface area contributed by atoms with Crippen molar-refractivity contribution >= 4 is 46.5 Å². The number of nitrogens with one attached hydrogen (secondary N) is 2. The summed E-state index contributed by atoms with van der Waals surface area (Å²) in [5.41, 5.74) is 7.23. The summed E-state index contributed by atoms with van der Waals surface area (Å²) in [6, 6.07) is 12.1. The van der Waals surface area contributed by atoms with Crippen LogP contribution in [-0.4, -0.2) is 17.8 Å². The Hall–Kier alpha value is -3.32. The van der Waals surface area contributed by atoms with E-state index in [-0.39, 0.29) is 5.70 Å². The fourth-order valence-electron chi connectivity index (χ4n) is 2.59. The monoisotopic (exact) mass is 370 g/mol. The lowest BCUT2D eigenvalue weighted by Gasteiger charge is -2.31. The van der Waals surface area contributed by atoms with Gasteiger partial charge in [0.1, 0.15) is 0 Å². The molecule has 1 aliphatic rings. The number of nitrogens with zero attached hydrogens (tertiary/aromatic N) is 1. The van der Waals surface area contributed by atoms with E-state index in [1.54, 1.807) is 36.4 Å². The molecule has 4 amide bonds. The molecule has 0 unspecified atom stereocenters. The average molecular weight is 371 g/mol. The number of anilines is 3. The van der Waals surface area contributed by atoms with E-state index < -0.39 is 23.8 Å². The van der Waals surface area contributed by atoms with E-state index in [1.807, 2.05) is 0 Å². The largest absolute Gasteiger partial charge is 0.399 e. The maximum atomic E-state index is 12.8. The molecule has 4 N–H and O–H groups in total. The summed E-state index contributed by atoms with van der Waals surface area (Å²) in [5, 5.41) is 5.52. The van der Waals surface area contributed by atoms with E-state index in [0.717, 1.165) is 4.90 Å². The molecule has 1 heterocycles. The number of urea groups is 1. The number of hydrogen-bond donors (Lipinski definition) is 3. The molecule has 8 heteroatoms. The van der Waals surface area contributed by atoms with Gasteiger partial charge in [0.15, 0.2) is 5.92 Å². The number of hydrogen-bond acceptors (Lipinski definition) is 5. The molecular formula is C18H15ClN4O3. The van der Waals surface area contributed by atoms with Crippen molar-refractivity contribution in [1.82, 2.24) is 5.32 Å². The van der Waals surface area contributed by atoms with Crippen LogP contribution in [0.4, 0.5) is 21.9 Å². The number of benzene rings is 2. The Morgan fingerprint density at radius 3 is 2.50 bits per heavy atom. The second-order valence-corrected chi connectivity index (χ2v) is 6.09. The molecular weight excluding hydrogens is 356 g/mol. The highest BCUT2D eigenvalue weighted by Gasteiger charge is 2.42. The number of barbiturate groups is 1. The van der Waals surface area contributed by atoms with E-state index in [2.05, 4.69) is 17.2 Å². The summed E-state index contributed by atoms with van der Waals surface area (Å²) in [6.07, 6.45) is 0. The molecule has 1 saturated heterocycles. The highest BCUT2D eigenvalue weighted by atomic mass is 35.5. The minimum Gasteiger partial charge on any atom is -0.399 e. The van der Waals surface area contributed by atoms with Gasteiger partial charge >= 0.3 is 6.03 Å².